The van der Waals surface area contributed by atoms with Crippen LogP contribution >= 0.6 is 0 Å². The summed E-state index contributed by atoms with van der Waals surface area (Å²) in [6.45, 7) is 6.86. The third-order valence-corrected chi connectivity index (χ3v) is 4.11. The van der Waals surface area contributed by atoms with Gasteiger partial charge in [-0.15, -0.1) is 0 Å². The van der Waals surface area contributed by atoms with Crippen molar-refractivity contribution in [3.8, 4) is 0 Å². The lowest BCUT2D eigenvalue weighted by Gasteiger charge is -2.36. The van der Waals surface area contributed by atoms with E-state index in [9.17, 15) is 4.79 Å². The van der Waals surface area contributed by atoms with Gasteiger partial charge >= 0.3 is 6.03 Å². The van der Waals surface area contributed by atoms with Crippen LogP contribution < -0.4 is 5.73 Å². The van der Waals surface area contributed by atoms with E-state index in [1.54, 1.807) is 0 Å². The lowest BCUT2D eigenvalue weighted by atomic mass is 10.0. The molecule has 2 N–H and O–H groups in total. The summed E-state index contributed by atoms with van der Waals surface area (Å²) in [6, 6.07) is 0.989. The highest BCUT2D eigenvalue weighted by Gasteiger charge is 2.37. The fraction of sp³-hybridized carbons (Fsp3) is 0.917. The van der Waals surface area contributed by atoms with Crippen LogP contribution in [0.4, 0.5) is 4.79 Å². The third kappa shape index (κ3) is 2.55. The molecule has 0 aromatic carbocycles. The molecule has 2 aliphatic rings. The molecule has 2 aliphatic heterocycles. The SMILES string of the molecule is CC1CN(C2CCN(CCN)CC2)C(=O)N1C. The first-order valence-corrected chi connectivity index (χ1v) is 6.59. The van der Waals surface area contributed by atoms with Crippen LogP contribution in [0.5, 0.6) is 0 Å². The molecule has 98 valence electrons. The van der Waals surface area contributed by atoms with Crippen molar-refractivity contribution in [1.29, 1.82) is 0 Å². The van der Waals surface area contributed by atoms with Gasteiger partial charge in [-0.25, -0.2) is 4.79 Å². The minimum atomic E-state index is 0.203. The molecule has 0 aromatic rings. The Bertz CT molecular complexity index is 276. The van der Waals surface area contributed by atoms with Crippen LogP contribution in [0.15, 0.2) is 0 Å². The number of piperidine rings is 1. The van der Waals surface area contributed by atoms with Gasteiger partial charge in [-0.1, -0.05) is 0 Å². The summed E-state index contributed by atoms with van der Waals surface area (Å²) in [5.41, 5.74) is 5.56. The van der Waals surface area contributed by atoms with E-state index in [4.69, 9.17) is 5.73 Å². The first kappa shape index (κ1) is 12.6. The topological polar surface area (TPSA) is 52.8 Å². The van der Waals surface area contributed by atoms with Gasteiger partial charge in [0.25, 0.3) is 0 Å². The van der Waals surface area contributed by atoms with E-state index in [1.807, 2.05) is 11.9 Å². The number of carbonyl (C=O) groups is 1. The lowest BCUT2D eigenvalue weighted by Crippen LogP contribution is -2.47. The zero-order valence-electron chi connectivity index (χ0n) is 10.9. The Labute approximate surface area is 104 Å². The number of amides is 2. The molecule has 5 heteroatoms. The molecule has 0 radical (unpaired) electrons. The van der Waals surface area contributed by atoms with Crippen LogP contribution in [0.3, 0.4) is 0 Å². The summed E-state index contributed by atoms with van der Waals surface area (Å²) < 4.78 is 0. The number of likely N-dealkylation sites (tertiary alicyclic amines) is 1. The van der Waals surface area contributed by atoms with Gasteiger partial charge in [-0.3, -0.25) is 0 Å². The number of nitrogens with two attached hydrogens (primary N) is 1. The van der Waals surface area contributed by atoms with Crippen molar-refractivity contribution in [1.82, 2.24) is 14.7 Å². The van der Waals surface area contributed by atoms with Crippen LogP contribution in [0.25, 0.3) is 0 Å². The minimum Gasteiger partial charge on any atom is -0.329 e. The molecule has 0 bridgehead atoms. The number of carbonyl (C=O) groups excluding carboxylic acids is 1. The summed E-state index contributed by atoms with van der Waals surface area (Å²) in [7, 11) is 1.90. The largest absolute Gasteiger partial charge is 0.329 e. The zero-order valence-corrected chi connectivity index (χ0v) is 10.9. The Morgan fingerprint density at radius 3 is 2.47 bits per heavy atom. The maximum atomic E-state index is 12.0. The molecule has 0 aliphatic carbocycles. The van der Waals surface area contributed by atoms with Gasteiger partial charge in [0, 0.05) is 51.9 Å². The molecule has 2 heterocycles. The highest BCUT2D eigenvalue weighted by molar-refractivity contribution is 5.77. The summed E-state index contributed by atoms with van der Waals surface area (Å²) in [4.78, 5) is 18.3. The minimum absolute atomic E-state index is 0.203. The van der Waals surface area contributed by atoms with Crippen molar-refractivity contribution in [3.05, 3.63) is 0 Å². The molecule has 1 atom stereocenters. The molecule has 0 saturated carbocycles. The third-order valence-electron chi connectivity index (χ3n) is 4.11. The van der Waals surface area contributed by atoms with Crippen LogP contribution in [0.2, 0.25) is 0 Å². The summed E-state index contributed by atoms with van der Waals surface area (Å²) in [5, 5.41) is 0. The molecule has 2 fully saturated rings. The average Bonchev–Trinajstić information content (AvgIpc) is 2.59. The smallest absolute Gasteiger partial charge is 0.320 e. The highest BCUT2D eigenvalue weighted by atomic mass is 16.2. The monoisotopic (exact) mass is 240 g/mol. The maximum Gasteiger partial charge on any atom is 0.320 e. The van der Waals surface area contributed by atoms with Gasteiger partial charge in [-0.05, 0) is 19.8 Å². The summed E-state index contributed by atoms with van der Waals surface area (Å²) >= 11 is 0. The van der Waals surface area contributed by atoms with Crippen molar-refractivity contribution >= 4 is 6.03 Å². The van der Waals surface area contributed by atoms with E-state index in [-0.39, 0.29) is 6.03 Å². The molecule has 0 spiro atoms. The number of hydrogen-bond acceptors (Lipinski definition) is 3. The van der Waals surface area contributed by atoms with Gasteiger partial charge in [0.1, 0.15) is 0 Å². The van der Waals surface area contributed by atoms with Crippen LogP contribution in [-0.4, -0.2) is 72.6 Å². The van der Waals surface area contributed by atoms with Crippen molar-refractivity contribution < 1.29 is 4.79 Å². The molecular weight excluding hydrogens is 216 g/mol. The molecule has 1 unspecified atom stereocenters. The zero-order chi connectivity index (χ0) is 12.4. The fourth-order valence-corrected chi connectivity index (χ4v) is 2.82. The van der Waals surface area contributed by atoms with E-state index < -0.39 is 0 Å². The highest BCUT2D eigenvalue weighted by Crippen LogP contribution is 2.23. The van der Waals surface area contributed by atoms with Crippen molar-refractivity contribution in [3.63, 3.8) is 0 Å². The number of likely N-dealkylation sites (N-methyl/N-ethyl adjacent to an activating group) is 1. The Morgan fingerprint density at radius 2 is 2.00 bits per heavy atom. The van der Waals surface area contributed by atoms with Crippen molar-refractivity contribution in [2.24, 2.45) is 5.73 Å². The van der Waals surface area contributed by atoms with Gasteiger partial charge in [-0.2, -0.15) is 0 Å². The summed E-state index contributed by atoms with van der Waals surface area (Å²) in [6.07, 6.45) is 2.18. The lowest BCUT2D eigenvalue weighted by molar-refractivity contribution is 0.133. The molecule has 0 aromatic heterocycles. The molecular formula is C12H24N4O. The Morgan fingerprint density at radius 1 is 1.35 bits per heavy atom. The molecule has 5 nitrogen and oxygen atoms in total. The number of hydrogen-bond donors (Lipinski definition) is 1. The Hall–Kier alpha value is -0.810. The van der Waals surface area contributed by atoms with Gasteiger partial charge in [0.05, 0.1) is 0 Å². The molecule has 2 rings (SSSR count). The van der Waals surface area contributed by atoms with E-state index in [0.29, 0.717) is 12.1 Å². The van der Waals surface area contributed by atoms with Crippen LogP contribution in [-0.2, 0) is 0 Å². The standard InChI is InChI=1S/C12H24N4O/c1-10-9-16(12(17)14(10)2)11-3-6-15(7-4-11)8-5-13/h10-11H,3-9,13H2,1-2H3. The van der Waals surface area contributed by atoms with Gasteiger partial charge in [0.2, 0.25) is 0 Å². The van der Waals surface area contributed by atoms with Gasteiger partial charge < -0.3 is 20.4 Å². The summed E-state index contributed by atoms with van der Waals surface area (Å²) in [5.74, 6) is 0. The second kappa shape index (κ2) is 5.23. The predicted octanol–water partition coefficient (Wildman–Crippen LogP) is 0.165. The van der Waals surface area contributed by atoms with Crippen molar-refractivity contribution in [2.45, 2.75) is 31.8 Å². The first-order valence-electron chi connectivity index (χ1n) is 6.59. The second-order valence-corrected chi connectivity index (χ2v) is 5.26. The van der Waals surface area contributed by atoms with E-state index in [2.05, 4.69) is 16.7 Å². The Kier molecular flexibility index (Phi) is 3.89. The quantitative estimate of drug-likeness (QED) is 0.765. The molecule has 2 amide bonds. The fourth-order valence-electron chi connectivity index (χ4n) is 2.82. The number of urea groups is 1. The van der Waals surface area contributed by atoms with E-state index in [0.717, 1.165) is 45.6 Å². The maximum absolute atomic E-state index is 12.0. The average molecular weight is 240 g/mol. The van der Waals surface area contributed by atoms with Crippen LogP contribution in [0.1, 0.15) is 19.8 Å². The number of nitrogens with zero attached hydrogens (tertiary/aromatic N) is 3. The first-order chi connectivity index (χ1) is 8.13. The van der Waals surface area contributed by atoms with Gasteiger partial charge in [0.15, 0.2) is 0 Å². The van der Waals surface area contributed by atoms with E-state index in [1.165, 1.54) is 0 Å². The predicted molar refractivity (Wildman–Crippen MR) is 67.8 cm³/mol. The number of rotatable bonds is 3. The van der Waals surface area contributed by atoms with Crippen molar-refractivity contribution in [2.75, 3.05) is 39.8 Å². The van der Waals surface area contributed by atoms with Crippen LogP contribution in [0, 0.1) is 0 Å². The van der Waals surface area contributed by atoms with E-state index >= 15 is 0 Å². The molecule has 2 saturated heterocycles. The molecule has 17 heavy (non-hydrogen) atoms. The second-order valence-electron chi connectivity index (χ2n) is 5.26. The normalized spacial score (nSPS) is 28.2. The Balaban J connectivity index is 1.87.